The van der Waals surface area contributed by atoms with E-state index >= 15 is 0 Å². The Morgan fingerprint density at radius 2 is 2.07 bits per heavy atom. The largest absolute Gasteiger partial charge is 0.373 e. The minimum absolute atomic E-state index is 0.135. The van der Waals surface area contributed by atoms with Crippen LogP contribution in [0.2, 0.25) is 0 Å². The Kier molecular flexibility index (Phi) is 5.53. The van der Waals surface area contributed by atoms with Gasteiger partial charge in [-0.2, -0.15) is 5.26 Å². The number of hydrogen-bond acceptors (Lipinski definition) is 5. The van der Waals surface area contributed by atoms with Crippen molar-refractivity contribution < 1.29 is 9.53 Å². The van der Waals surface area contributed by atoms with Crippen LogP contribution in [0.15, 0.2) is 36.4 Å². The first-order valence-corrected chi connectivity index (χ1v) is 10.3. The number of carbonyl (C=O) groups is 1. The third-order valence-corrected chi connectivity index (χ3v) is 6.37. The molecule has 27 heavy (non-hydrogen) atoms. The summed E-state index contributed by atoms with van der Waals surface area (Å²) in [7, 11) is 0. The molecule has 2 fully saturated rings. The van der Waals surface area contributed by atoms with Gasteiger partial charge < -0.3 is 9.64 Å². The summed E-state index contributed by atoms with van der Waals surface area (Å²) in [6.45, 7) is 4.83. The molecule has 5 nitrogen and oxygen atoms in total. The molecule has 0 N–H and O–H groups in total. The van der Waals surface area contributed by atoms with Crippen LogP contribution < -0.4 is 0 Å². The Morgan fingerprint density at radius 1 is 1.22 bits per heavy atom. The summed E-state index contributed by atoms with van der Waals surface area (Å²) in [5.74, 6) is 0.135. The number of amides is 1. The van der Waals surface area contributed by atoms with E-state index in [4.69, 9.17) is 10.00 Å². The van der Waals surface area contributed by atoms with Crippen LogP contribution in [0.4, 0.5) is 0 Å². The smallest absolute Gasteiger partial charge is 0.264 e. The zero-order valence-corrected chi connectivity index (χ0v) is 16.1. The van der Waals surface area contributed by atoms with Crippen LogP contribution in [0.1, 0.15) is 44.6 Å². The number of piperazine rings is 1. The third kappa shape index (κ3) is 4.22. The van der Waals surface area contributed by atoms with Crippen LogP contribution in [0.5, 0.6) is 0 Å². The second-order valence-corrected chi connectivity index (χ2v) is 8.20. The zero-order chi connectivity index (χ0) is 18.6. The van der Waals surface area contributed by atoms with Gasteiger partial charge in [0.1, 0.15) is 0 Å². The average molecular weight is 382 g/mol. The lowest BCUT2D eigenvalue weighted by Crippen LogP contribution is -2.48. The summed E-state index contributed by atoms with van der Waals surface area (Å²) >= 11 is 1.58. The Morgan fingerprint density at radius 3 is 2.81 bits per heavy atom. The van der Waals surface area contributed by atoms with Crippen LogP contribution in [0.25, 0.3) is 0 Å². The SMILES string of the molecule is N#Cc1cccc(CN2CCN(C(=O)c3ccc([C@H]4CCCO4)s3)CC2)c1. The lowest BCUT2D eigenvalue weighted by atomic mass is 10.1. The van der Waals surface area contributed by atoms with Crippen molar-refractivity contribution in [3.05, 3.63) is 57.3 Å². The van der Waals surface area contributed by atoms with E-state index in [-0.39, 0.29) is 12.0 Å². The number of thiophene rings is 1. The van der Waals surface area contributed by atoms with Crippen molar-refractivity contribution in [2.24, 2.45) is 0 Å². The highest BCUT2D eigenvalue weighted by Gasteiger charge is 2.25. The van der Waals surface area contributed by atoms with E-state index in [0.29, 0.717) is 5.56 Å². The predicted molar refractivity (Wildman–Crippen MR) is 105 cm³/mol. The Balaban J connectivity index is 1.32. The van der Waals surface area contributed by atoms with E-state index in [1.54, 1.807) is 11.3 Å². The van der Waals surface area contributed by atoms with Crippen LogP contribution in [0.3, 0.4) is 0 Å². The molecule has 0 bridgehead atoms. The minimum atomic E-state index is 0.135. The summed E-state index contributed by atoms with van der Waals surface area (Å²) in [4.78, 5) is 19.1. The van der Waals surface area contributed by atoms with Gasteiger partial charge in [0, 0.05) is 44.2 Å². The summed E-state index contributed by atoms with van der Waals surface area (Å²) in [6, 6.07) is 13.9. The highest BCUT2D eigenvalue weighted by molar-refractivity contribution is 7.14. The molecule has 0 spiro atoms. The molecular formula is C21H23N3O2S. The van der Waals surface area contributed by atoms with Crippen LogP contribution >= 0.6 is 11.3 Å². The minimum Gasteiger partial charge on any atom is -0.373 e. The van der Waals surface area contributed by atoms with Crippen molar-refractivity contribution in [1.29, 1.82) is 5.26 Å². The maximum absolute atomic E-state index is 12.8. The number of carbonyl (C=O) groups excluding carboxylic acids is 1. The molecule has 1 amide bonds. The Bertz CT molecular complexity index is 843. The maximum Gasteiger partial charge on any atom is 0.264 e. The lowest BCUT2D eigenvalue weighted by molar-refractivity contribution is 0.0633. The van der Waals surface area contributed by atoms with Gasteiger partial charge in [-0.1, -0.05) is 12.1 Å². The molecule has 0 aliphatic carbocycles. The predicted octanol–water partition coefficient (Wildman–Crippen LogP) is 3.43. The number of ether oxygens (including phenoxy) is 1. The normalized spacial score (nSPS) is 20.6. The second-order valence-electron chi connectivity index (χ2n) is 7.08. The molecule has 6 heteroatoms. The van der Waals surface area contributed by atoms with Gasteiger partial charge in [-0.25, -0.2) is 0 Å². The van der Waals surface area contributed by atoms with E-state index in [0.717, 1.165) is 62.6 Å². The molecular weight excluding hydrogens is 358 g/mol. The number of benzene rings is 1. The molecule has 3 heterocycles. The molecule has 1 aromatic heterocycles. The van der Waals surface area contributed by atoms with E-state index in [2.05, 4.69) is 17.0 Å². The third-order valence-electron chi connectivity index (χ3n) is 5.21. The standard InChI is InChI=1S/C21H23N3O2S/c22-14-16-3-1-4-17(13-16)15-23-8-10-24(11-9-23)21(25)20-7-6-19(27-20)18-5-2-12-26-18/h1,3-4,6-7,13,18H,2,5,8-12,15H2/t18-/m1/s1. The summed E-state index contributed by atoms with van der Waals surface area (Å²) in [5.41, 5.74) is 1.84. The van der Waals surface area contributed by atoms with Gasteiger partial charge in [0.15, 0.2) is 0 Å². The molecule has 1 aromatic carbocycles. The van der Waals surface area contributed by atoms with Gasteiger partial charge in [0.2, 0.25) is 0 Å². The number of rotatable bonds is 4. The molecule has 0 saturated carbocycles. The fraction of sp³-hybridized carbons (Fsp3) is 0.429. The number of hydrogen-bond donors (Lipinski definition) is 0. The maximum atomic E-state index is 12.8. The molecule has 4 rings (SSSR count). The quantitative estimate of drug-likeness (QED) is 0.814. The summed E-state index contributed by atoms with van der Waals surface area (Å²) in [6.07, 6.45) is 2.34. The molecule has 0 radical (unpaired) electrons. The fourth-order valence-corrected chi connectivity index (χ4v) is 4.77. The Labute approximate surface area is 163 Å². The van der Waals surface area contributed by atoms with E-state index in [1.165, 1.54) is 4.88 Å². The molecule has 2 aliphatic rings. The molecule has 1 atom stereocenters. The molecule has 2 aromatic rings. The highest BCUT2D eigenvalue weighted by atomic mass is 32.1. The van der Waals surface area contributed by atoms with Gasteiger partial charge in [0.25, 0.3) is 5.91 Å². The van der Waals surface area contributed by atoms with Crippen molar-refractivity contribution in [2.45, 2.75) is 25.5 Å². The molecule has 2 aliphatic heterocycles. The van der Waals surface area contributed by atoms with Crippen molar-refractivity contribution in [3.8, 4) is 6.07 Å². The first-order chi connectivity index (χ1) is 13.2. The van der Waals surface area contributed by atoms with E-state index in [1.807, 2.05) is 35.2 Å². The number of nitriles is 1. The number of nitrogens with zero attached hydrogens (tertiary/aromatic N) is 3. The zero-order valence-electron chi connectivity index (χ0n) is 15.3. The monoisotopic (exact) mass is 381 g/mol. The van der Waals surface area contributed by atoms with Crippen molar-refractivity contribution >= 4 is 17.2 Å². The van der Waals surface area contributed by atoms with Crippen molar-refractivity contribution in [2.75, 3.05) is 32.8 Å². The van der Waals surface area contributed by atoms with E-state index < -0.39 is 0 Å². The van der Waals surface area contributed by atoms with Gasteiger partial charge >= 0.3 is 0 Å². The topological polar surface area (TPSA) is 56.6 Å². The summed E-state index contributed by atoms with van der Waals surface area (Å²) < 4.78 is 5.72. The van der Waals surface area contributed by atoms with E-state index in [9.17, 15) is 4.79 Å². The lowest BCUT2D eigenvalue weighted by Gasteiger charge is -2.34. The highest BCUT2D eigenvalue weighted by Crippen LogP contribution is 2.33. The average Bonchev–Trinajstić information content (AvgIpc) is 3.40. The molecule has 0 unspecified atom stereocenters. The van der Waals surface area contributed by atoms with Crippen LogP contribution in [0, 0.1) is 11.3 Å². The molecule has 140 valence electrons. The van der Waals surface area contributed by atoms with Gasteiger partial charge in [0.05, 0.1) is 22.6 Å². The van der Waals surface area contributed by atoms with Crippen LogP contribution in [-0.2, 0) is 11.3 Å². The Hall–Kier alpha value is -2.20. The van der Waals surface area contributed by atoms with Gasteiger partial charge in [-0.3, -0.25) is 9.69 Å². The molecule has 2 saturated heterocycles. The van der Waals surface area contributed by atoms with Crippen molar-refractivity contribution in [1.82, 2.24) is 9.80 Å². The van der Waals surface area contributed by atoms with Gasteiger partial charge in [-0.15, -0.1) is 11.3 Å². The first-order valence-electron chi connectivity index (χ1n) is 9.45. The van der Waals surface area contributed by atoms with Crippen LogP contribution in [-0.4, -0.2) is 48.5 Å². The van der Waals surface area contributed by atoms with Crippen molar-refractivity contribution in [3.63, 3.8) is 0 Å². The summed E-state index contributed by atoms with van der Waals surface area (Å²) in [5, 5.41) is 9.03. The fourth-order valence-electron chi connectivity index (χ4n) is 3.71. The van der Waals surface area contributed by atoms with Gasteiger partial charge in [-0.05, 0) is 42.7 Å². The first kappa shape index (κ1) is 18.2. The second kappa shape index (κ2) is 8.22.